The number of benzene rings is 2. The number of amides is 4. The van der Waals surface area contributed by atoms with Crippen LogP contribution in [0.15, 0.2) is 60.8 Å². The van der Waals surface area contributed by atoms with E-state index >= 15 is 0 Å². The maximum absolute atomic E-state index is 14.5. The van der Waals surface area contributed by atoms with Gasteiger partial charge < -0.3 is 27.4 Å². The molecule has 0 saturated heterocycles. The largest absolute Gasteiger partial charge is 0.370 e. The average molecular weight is 630 g/mol. The van der Waals surface area contributed by atoms with E-state index in [2.05, 4.69) is 25.9 Å². The number of nitrogens with two attached hydrogens (primary N) is 2. The molecule has 244 valence electrons. The first-order chi connectivity index (χ1) is 22.1. The van der Waals surface area contributed by atoms with E-state index in [4.69, 9.17) is 16.9 Å². The molecule has 13 nitrogen and oxygen atoms in total. The van der Waals surface area contributed by atoms with Crippen molar-refractivity contribution >= 4 is 40.6 Å². The number of imide groups is 1. The second-order valence-electron chi connectivity index (χ2n) is 11.6. The lowest BCUT2D eigenvalue weighted by Gasteiger charge is -2.35. The molecule has 1 aromatic heterocycles. The fourth-order valence-electron chi connectivity index (χ4n) is 5.56. The molecule has 1 aliphatic rings. The van der Waals surface area contributed by atoms with Crippen LogP contribution in [0.5, 0.6) is 0 Å². The summed E-state index contributed by atoms with van der Waals surface area (Å²) >= 11 is 0. The smallest absolute Gasteiger partial charge is 0.281 e. The molecule has 46 heavy (non-hydrogen) atoms. The monoisotopic (exact) mass is 629 g/mol. The SMILES string of the molecule is C[C@H](N)C(=O)N[C@@H](CCCNC(=N)N)C(=O)N[C@@H](Cc1ccccc1)C(=O)N(C(=O)c1cnc2ccccc2n1)C1CCCCC1. The quantitative estimate of drug-likeness (QED) is 0.0923. The maximum Gasteiger partial charge on any atom is 0.281 e. The maximum atomic E-state index is 14.5. The molecule has 1 fully saturated rings. The normalized spacial score (nSPS) is 15.3. The van der Waals surface area contributed by atoms with Crippen LogP contribution < -0.4 is 27.4 Å². The Labute approximate surface area is 268 Å². The zero-order valence-corrected chi connectivity index (χ0v) is 26.1. The summed E-state index contributed by atoms with van der Waals surface area (Å²) in [5.41, 5.74) is 13.1. The van der Waals surface area contributed by atoms with Gasteiger partial charge in [-0.15, -0.1) is 0 Å². The fraction of sp³-hybridized carbons (Fsp3) is 0.424. The van der Waals surface area contributed by atoms with Crippen molar-refractivity contribution < 1.29 is 19.2 Å². The van der Waals surface area contributed by atoms with Gasteiger partial charge in [-0.1, -0.05) is 61.7 Å². The van der Waals surface area contributed by atoms with E-state index in [0.29, 0.717) is 36.8 Å². The fourth-order valence-corrected chi connectivity index (χ4v) is 5.56. The molecule has 0 radical (unpaired) electrons. The van der Waals surface area contributed by atoms with Crippen molar-refractivity contribution in [3.05, 3.63) is 72.1 Å². The molecule has 0 spiro atoms. The second-order valence-corrected chi connectivity index (χ2v) is 11.6. The summed E-state index contributed by atoms with van der Waals surface area (Å²) in [4.78, 5) is 65.2. The number of guanidine groups is 1. The number of nitrogens with zero attached hydrogens (tertiary/aromatic N) is 3. The second kappa shape index (κ2) is 16.4. The van der Waals surface area contributed by atoms with Crippen molar-refractivity contribution in [2.75, 3.05) is 6.54 Å². The van der Waals surface area contributed by atoms with Crippen LogP contribution in [0.25, 0.3) is 11.0 Å². The molecule has 4 amide bonds. The molecule has 1 saturated carbocycles. The highest BCUT2D eigenvalue weighted by molar-refractivity contribution is 6.07. The van der Waals surface area contributed by atoms with Gasteiger partial charge in [0, 0.05) is 19.0 Å². The van der Waals surface area contributed by atoms with Crippen LogP contribution in [-0.4, -0.2) is 75.2 Å². The highest BCUT2D eigenvalue weighted by atomic mass is 16.2. The van der Waals surface area contributed by atoms with Gasteiger partial charge in [0.15, 0.2) is 5.96 Å². The lowest BCUT2D eigenvalue weighted by Crippen LogP contribution is -2.59. The van der Waals surface area contributed by atoms with Gasteiger partial charge in [0.1, 0.15) is 17.8 Å². The van der Waals surface area contributed by atoms with E-state index in [1.165, 1.54) is 18.0 Å². The van der Waals surface area contributed by atoms with E-state index in [1.54, 1.807) is 18.2 Å². The molecular formula is C33H43N9O4. The van der Waals surface area contributed by atoms with E-state index in [1.807, 2.05) is 36.4 Å². The summed E-state index contributed by atoms with van der Waals surface area (Å²) < 4.78 is 0. The average Bonchev–Trinajstić information content (AvgIpc) is 3.06. The summed E-state index contributed by atoms with van der Waals surface area (Å²) in [5, 5.41) is 15.6. The number of aromatic nitrogens is 2. The predicted octanol–water partition coefficient (Wildman–Crippen LogP) is 1.75. The number of para-hydroxylation sites is 2. The summed E-state index contributed by atoms with van der Waals surface area (Å²) in [5.74, 6) is -2.45. The van der Waals surface area contributed by atoms with E-state index < -0.39 is 41.8 Å². The number of carbonyl (C=O) groups is 4. The minimum Gasteiger partial charge on any atom is -0.370 e. The Bertz CT molecular complexity index is 1530. The molecule has 3 aromatic rings. The Morgan fingerprint density at radius 2 is 1.59 bits per heavy atom. The third-order valence-electron chi connectivity index (χ3n) is 7.99. The van der Waals surface area contributed by atoms with Crippen LogP contribution in [0.3, 0.4) is 0 Å². The molecule has 0 bridgehead atoms. The minimum atomic E-state index is -1.13. The van der Waals surface area contributed by atoms with Crippen molar-refractivity contribution in [2.45, 2.75) is 82.5 Å². The van der Waals surface area contributed by atoms with Crippen LogP contribution in [0.4, 0.5) is 0 Å². The van der Waals surface area contributed by atoms with Gasteiger partial charge in [0.05, 0.1) is 23.3 Å². The molecule has 13 heteroatoms. The topological polar surface area (TPSA) is 209 Å². The first-order valence-corrected chi connectivity index (χ1v) is 15.7. The van der Waals surface area contributed by atoms with Gasteiger partial charge in [0.25, 0.3) is 11.8 Å². The molecule has 2 aromatic carbocycles. The van der Waals surface area contributed by atoms with Crippen LogP contribution in [0.1, 0.15) is 67.9 Å². The summed E-state index contributed by atoms with van der Waals surface area (Å²) in [6.45, 7) is 1.81. The van der Waals surface area contributed by atoms with E-state index in [-0.39, 0.29) is 30.5 Å². The molecule has 1 heterocycles. The Balaban J connectivity index is 1.65. The van der Waals surface area contributed by atoms with Crippen molar-refractivity contribution in [1.29, 1.82) is 5.41 Å². The molecule has 1 aliphatic carbocycles. The van der Waals surface area contributed by atoms with Gasteiger partial charge in [-0.3, -0.25) is 34.5 Å². The number of hydrogen-bond acceptors (Lipinski definition) is 8. The van der Waals surface area contributed by atoms with Crippen LogP contribution in [-0.2, 0) is 20.8 Å². The molecular weight excluding hydrogens is 586 g/mol. The number of rotatable bonds is 13. The first kappa shape index (κ1) is 34.0. The summed E-state index contributed by atoms with van der Waals surface area (Å²) in [6.07, 6.45) is 6.09. The van der Waals surface area contributed by atoms with Gasteiger partial charge in [0.2, 0.25) is 11.8 Å². The lowest BCUT2D eigenvalue weighted by molar-refractivity contribution is -0.137. The molecule has 8 N–H and O–H groups in total. The number of hydrogen-bond donors (Lipinski definition) is 6. The Kier molecular flexibility index (Phi) is 12.1. The van der Waals surface area contributed by atoms with Crippen molar-refractivity contribution in [3.63, 3.8) is 0 Å². The molecule has 0 unspecified atom stereocenters. The van der Waals surface area contributed by atoms with Crippen LogP contribution >= 0.6 is 0 Å². The zero-order valence-electron chi connectivity index (χ0n) is 26.1. The Hall–Kier alpha value is -4.91. The third-order valence-corrected chi connectivity index (χ3v) is 7.99. The highest BCUT2D eigenvalue weighted by Gasteiger charge is 2.38. The zero-order chi connectivity index (χ0) is 33.1. The highest BCUT2D eigenvalue weighted by Crippen LogP contribution is 2.25. The number of carbonyl (C=O) groups excluding carboxylic acids is 4. The molecule has 3 atom stereocenters. The van der Waals surface area contributed by atoms with Crippen LogP contribution in [0.2, 0.25) is 0 Å². The van der Waals surface area contributed by atoms with Crippen molar-refractivity contribution in [3.8, 4) is 0 Å². The van der Waals surface area contributed by atoms with Gasteiger partial charge in [-0.05, 0) is 50.3 Å². The molecule has 4 rings (SSSR count). The Morgan fingerprint density at radius 3 is 2.26 bits per heavy atom. The lowest BCUT2D eigenvalue weighted by atomic mass is 9.92. The Morgan fingerprint density at radius 1 is 0.935 bits per heavy atom. The predicted molar refractivity (Wildman–Crippen MR) is 174 cm³/mol. The van der Waals surface area contributed by atoms with E-state index in [9.17, 15) is 19.2 Å². The first-order valence-electron chi connectivity index (χ1n) is 15.7. The van der Waals surface area contributed by atoms with Crippen molar-refractivity contribution in [2.24, 2.45) is 11.5 Å². The number of fused-ring (bicyclic) bond motifs is 1. The van der Waals surface area contributed by atoms with Gasteiger partial charge in [-0.2, -0.15) is 0 Å². The number of nitrogens with one attached hydrogen (secondary N) is 4. The standard InChI is InChI=1S/C33H43N9O4/c1-21(34)29(43)40-26(17-10-18-37-33(35)36)30(44)41-27(19-22-11-4-2-5-12-22)31(45)42(23-13-6-3-7-14-23)32(46)28-20-38-24-15-8-9-16-25(24)39-28/h2,4-5,8-9,11-12,15-16,20-21,23,26-27H,3,6-7,10,13-14,17-19,34H2,1H3,(H,40,43)(H,41,44)(H4,35,36,37)/t21-,26-,27-/m0/s1. The van der Waals surface area contributed by atoms with E-state index in [0.717, 1.165) is 24.8 Å². The molecule has 0 aliphatic heterocycles. The third kappa shape index (κ3) is 9.30. The van der Waals surface area contributed by atoms with Crippen LogP contribution in [0, 0.1) is 5.41 Å². The van der Waals surface area contributed by atoms with Gasteiger partial charge >= 0.3 is 0 Å². The van der Waals surface area contributed by atoms with Gasteiger partial charge in [-0.25, -0.2) is 4.98 Å². The summed E-state index contributed by atoms with van der Waals surface area (Å²) in [7, 11) is 0. The minimum absolute atomic E-state index is 0.0439. The van der Waals surface area contributed by atoms with Crippen molar-refractivity contribution in [1.82, 2.24) is 30.8 Å². The summed E-state index contributed by atoms with van der Waals surface area (Å²) in [6, 6.07) is 13.0.